The van der Waals surface area contributed by atoms with Crippen molar-refractivity contribution in [2.75, 3.05) is 19.4 Å². The third-order valence-electron chi connectivity index (χ3n) is 5.71. The highest BCUT2D eigenvalue weighted by Gasteiger charge is 2.26. The molecular weight excluding hydrogens is 442 g/mol. The molecule has 1 atom stereocenters. The van der Waals surface area contributed by atoms with Gasteiger partial charge in [0.05, 0.1) is 6.42 Å². The Morgan fingerprint density at radius 1 is 0.971 bits per heavy atom. The lowest BCUT2D eigenvalue weighted by Gasteiger charge is -2.20. The Labute approximate surface area is 203 Å². The second kappa shape index (κ2) is 10.3. The highest BCUT2D eigenvalue weighted by Crippen LogP contribution is 2.26. The van der Waals surface area contributed by atoms with Crippen LogP contribution in [0.25, 0.3) is 10.8 Å². The number of Topliss-reactive ketones (excluding diaryl/α,β-unsaturated/α-hetero) is 2. The van der Waals surface area contributed by atoms with Crippen LogP contribution in [0.2, 0.25) is 0 Å². The molecule has 2 N–H and O–H groups in total. The van der Waals surface area contributed by atoms with Gasteiger partial charge in [0.15, 0.2) is 5.78 Å². The number of nitrogens with one attached hydrogen (secondary N) is 2. The molecule has 35 heavy (non-hydrogen) atoms. The molecule has 0 bridgehead atoms. The number of aromatic amines is 1. The van der Waals surface area contributed by atoms with Gasteiger partial charge >= 0.3 is 0 Å². The Hall–Kier alpha value is -4.33. The van der Waals surface area contributed by atoms with Crippen LogP contribution in [0.5, 0.6) is 0 Å². The van der Waals surface area contributed by atoms with Crippen molar-refractivity contribution < 1.29 is 14.4 Å². The van der Waals surface area contributed by atoms with Gasteiger partial charge in [-0.2, -0.15) is 5.10 Å². The van der Waals surface area contributed by atoms with Crippen molar-refractivity contribution in [3.05, 3.63) is 89.5 Å². The predicted octanol–water partition coefficient (Wildman–Crippen LogP) is 4.22. The standard InChI is InChI=1S/C27H27N5O3/c1-4-24-29-26(31-30-24)23(34)16-22(33)25(19-13-12-17-8-5-6-9-18(17)14-19)28-21-11-7-10-20(15-21)27(35)32(2)3/h5-15,25,28H,4,16H2,1-3H3,(H,29,30,31). The number of rotatable bonds is 9. The molecule has 8 nitrogen and oxygen atoms in total. The number of carbonyl (C=O) groups excluding carboxylic acids is 3. The Morgan fingerprint density at radius 3 is 2.46 bits per heavy atom. The fourth-order valence-electron chi connectivity index (χ4n) is 3.82. The van der Waals surface area contributed by atoms with E-state index in [2.05, 4.69) is 20.5 Å². The zero-order valence-corrected chi connectivity index (χ0v) is 19.9. The van der Waals surface area contributed by atoms with E-state index >= 15 is 0 Å². The van der Waals surface area contributed by atoms with Gasteiger partial charge in [0.2, 0.25) is 11.6 Å². The first-order valence-electron chi connectivity index (χ1n) is 11.4. The van der Waals surface area contributed by atoms with Crippen molar-refractivity contribution in [1.82, 2.24) is 20.1 Å². The summed E-state index contributed by atoms with van der Waals surface area (Å²) in [6.45, 7) is 1.90. The Kier molecular flexibility index (Phi) is 7.01. The van der Waals surface area contributed by atoms with Crippen LogP contribution in [-0.2, 0) is 11.2 Å². The minimum atomic E-state index is -0.808. The van der Waals surface area contributed by atoms with Gasteiger partial charge in [0.1, 0.15) is 11.9 Å². The van der Waals surface area contributed by atoms with Gasteiger partial charge in [-0.3, -0.25) is 19.5 Å². The van der Waals surface area contributed by atoms with Crippen molar-refractivity contribution >= 4 is 33.9 Å². The molecule has 0 aliphatic carbocycles. The van der Waals surface area contributed by atoms with Crippen molar-refractivity contribution in [2.24, 2.45) is 0 Å². The zero-order valence-electron chi connectivity index (χ0n) is 19.9. The summed E-state index contributed by atoms with van der Waals surface area (Å²) < 4.78 is 0. The monoisotopic (exact) mass is 469 g/mol. The molecule has 4 aromatic rings. The maximum Gasteiger partial charge on any atom is 0.253 e. The van der Waals surface area contributed by atoms with E-state index in [1.807, 2.05) is 49.4 Å². The molecule has 0 saturated carbocycles. The fraction of sp³-hybridized carbons (Fsp3) is 0.222. The number of anilines is 1. The van der Waals surface area contributed by atoms with Gasteiger partial charge in [0, 0.05) is 31.8 Å². The molecule has 8 heteroatoms. The van der Waals surface area contributed by atoms with E-state index in [4.69, 9.17) is 0 Å². The van der Waals surface area contributed by atoms with Crippen molar-refractivity contribution in [2.45, 2.75) is 25.8 Å². The number of benzene rings is 3. The van der Waals surface area contributed by atoms with Crippen LogP contribution < -0.4 is 5.32 Å². The summed E-state index contributed by atoms with van der Waals surface area (Å²) in [6.07, 6.45) is 0.249. The summed E-state index contributed by atoms with van der Waals surface area (Å²) in [6, 6.07) is 19.8. The Balaban J connectivity index is 1.66. The molecule has 0 spiro atoms. The van der Waals surface area contributed by atoms with Crippen LogP contribution in [0.1, 0.15) is 51.8 Å². The van der Waals surface area contributed by atoms with Gasteiger partial charge in [-0.1, -0.05) is 49.4 Å². The summed E-state index contributed by atoms with van der Waals surface area (Å²) in [5, 5.41) is 11.9. The molecule has 1 amide bonds. The molecule has 0 aliphatic rings. The van der Waals surface area contributed by atoms with Crippen LogP contribution in [0.3, 0.4) is 0 Å². The molecule has 0 saturated heterocycles. The molecular formula is C27H27N5O3. The minimum absolute atomic E-state index is 0.00559. The normalized spacial score (nSPS) is 11.7. The average molecular weight is 470 g/mol. The fourth-order valence-corrected chi connectivity index (χ4v) is 3.82. The maximum atomic E-state index is 13.4. The summed E-state index contributed by atoms with van der Waals surface area (Å²) in [5.74, 6) is -0.320. The van der Waals surface area contributed by atoms with Gasteiger partial charge in [-0.25, -0.2) is 4.98 Å². The van der Waals surface area contributed by atoms with Crippen molar-refractivity contribution in [3.8, 4) is 0 Å². The SMILES string of the molecule is CCc1nc(C(=O)CC(=O)C(Nc2cccc(C(=O)N(C)C)c2)c2ccc3ccccc3c2)n[nH]1. The maximum absolute atomic E-state index is 13.4. The zero-order chi connectivity index (χ0) is 24.9. The summed E-state index contributed by atoms with van der Waals surface area (Å²) in [7, 11) is 3.37. The topological polar surface area (TPSA) is 108 Å². The van der Waals surface area contributed by atoms with Gasteiger partial charge < -0.3 is 10.2 Å². The molecule has 1 heterocycles. The number of ketones is 2. The number of amides is 1. The van der Waals surface area contributed by atoms with E-state index in [1.165, 1.54) is 4.90 Å². The average Bonchev–Trinajstić information content (AvgIpc) is 3.36. The highest BCUT2D eigenvalue weighted by atomic mass is 16.2. The van der Waals surface area contributed by atoms with Crippen LogP contribution in [0.15, 0.2) is 66.7 Å². The molecule has 0 radical (unpaired) electrons. The number of hydrogen-bond donors (Lipinski definition) is 2. The molecule has 0 fully saturated rings. The second-order valence-corrected chi connectivity index (χ2v) is 8.49. The number of aryl methyl sites for hydroxylation is 1. The van der Waals surface area contributed by atoms with Gasteiger partial charge in [0.25, 0.3) is 5.91 Å². The smallest absolute Gasteiger partial charge is 0.253 e. The number of aromatic nitrogens is 3. The summed E-state index contributed by atoms with van der Waals surface area (Å²) in [5.41, 5.74) is 1.81. The molecule has 0 aliphatic heterocycles. The first-order chi connectivity index (χ1) is 16.9. The quantitative estimate of drug-likeness (QED) is 0.281. The van der Waals surface area contributed by atoms with E-state index in [9.17, 15) is 14.4 Å². The van der Waals surface area contributed by atoms with E-state index in [0.717, 1.165) is 16.3 Å². The Bertz CT molecular complexity index is 1390. The van der Waals surface area contributed by atoms with E-state index in [1.54, 1.807) is 38.4 Å². The van der Waals surface area contributed by atoms with Crippen molar-refractivity contribution in [1.29, 1.82) is 0 Å². The number of fused-ring (bicyclic) bond motifs is 1. The number of carbonyl (C=O) groups is 3. The minimum Gasteiger partial charge on any atom is -0.372 e. The molecule has 178 valence electrons. The number of hydrogen-bond acceptors (Lipinski definition) is 6. The van der Waals surface area contributed by atoms with E-state index < -0.39 is 11.8 Å². The first-order valence-corrected chi connectivity index (χ1v) is 11.4. The van der Waals surface area contributed by atoms with E-state index in [-0.39, 0.29) is 23.9 Å². The third kappa shape index (κ3) is 5.43. The van der Waals surface area contributed by atoms with Gasteiger partial charge in [-0.05, 0) is 40.6 Å². The molecule has 4 rings (SSSR count). The lowest BCUT2D eigenvalue weighted by molar-refractivity contribution is -0.119. The predicted molar refractivity (Wildman–Crippen MR) is 134 cm³/mol. The highest BCUT2D eigenvalue weighted by molar-refractivity contribution is 6.08. The van der Waals surface area contributed by atoms with Crippen molar-refractivity contribution in [3.63, 3.8) is 0 Å². The third-order valence-corrected chi connectivity index (χ3v) is 5.71. The molecule has 1 aromatic heterocycles. The lowest BCUT2D eigenvalue weighted by Crippen LogP contribution is -2.25. The largest absolute Gasteiger partial charge is 0.372 e. The van der Waals surface area contributed by atoms with Crippen LogP contribution in [0.4, 0.5) is 5.69 Å². The molecule has 3 aromatic carbocycles. The number of nitrogens with zero attached hydrogens (tertiary/aromatic N) is 3. The lowest BCUT2D eigenvalue weighted by atomic mass is 9.96. The first kappa shape index (κ1) is 23.8. The second-order valence-electron chi connectivity index (χ2n) is 8.49. The van der Waals surface area contributed by atoms with E-state index in [0.29, 0.717) is 23.5 Å². The summed E-state index contributed by atoms with van der Waals surface area (Å²) in [4.78, 5) is 44.3. The van der Waals surface area contributed by atoms with Gasteiger partial charge in [-0.15, -0.1) is 0 Å². The Morgan fingerprint density at radius 2 is 1.74 bits per heavy atom. The van der Waals surface area contributed by atoms with Crippen LogP contribution in [0, 0.1) is 0 Å². The summed E-state index contributed by atoms with van der Waals surface area (Å²) >= 11 is 0. The van der Waals surface area contributed by atoms with Crippen LogP contribution in [-0.4, -0.2) is 51.7 Å². The molecule has 1 unspecified atom stereocenters. The van der Waals surface area contributed by atoms with Crippen LogP contribution >= 0.6 is 0 Å². The number of H-pyrrole nitrogens is 1.